The van der Waals surface area contributed by atoms with Crippen LogP contribution in [0.3, 0.4) is 0 Å². The van der Waals surface area contributed by atoms with Crippen molar-refractivity contribution in [3.8, 4) is 11.6 Å². The fourth-order valence-corrected chi connectivity index (χ4v) is 1.77. The van der Waals surface area contributed by atoms with Gasteiger partial charge in [-0.25, -0.2) is 4.98 Å². The van der Waals surface area contributed by atoms with E-state index < -0.39 is 4.92 Å². The lowest BCUT2D eigenvalue weighted by atomic mass is 10.1. The molecule has 0 N–H and O–H groups in total. The van der Waals surface area contributed by atoms with Crippen LogP contribution in [0.4, 0.5) is 5.69 Å². The highest BCUT2D eigenvalue weighted by Gasteiger charge is 2.12. The van der Waals surface area contributed by atoms with Crippen LogP contribution >= 0.6 is 0 Å². The lowest BCUT2D eigenvalue weighted by Gasteiger charge is -2.02. The van der Waals surface area contributed by atoms with E-state index in [1.165, 1.54) is 20.3 Å². The van der Waals surface area contributed by atoms with Crippen molar-refractivity contribution in [3.05, 3.63) is 57.8 Å². The van der Waals surface area contributed by atoms with Crippen molar-refractivity contribution in [1.82, 2.24) is 4.98 Å². The molecule has 1 heterocycles. The number of ether oxygens (including phenoxy) is 2. The van der Waals surface area contributed by atoms with Gasteiger partial charge in [0.05, 0.1) is 30.4 Å². The molecule has 6 heteroatoms. The summed E-state index contributed by atoms with van der Waals surface area (Å²) in [6, 6.07) is 9.88. The fraction of sp³-hybridized carbons (Fsp3) is 0.133. The van der Waals surface area contributed by atoms with E-state index in [2.05, 4.69) is 4.98 Å². The first-order valence-corrected chi connectivity index (χ1v) is 6.15. The quantitative estimate of drug-likeness (QED) is 0.623. The molecule has 2 rings (SSSR count). The van der Waals surface area contributed by atoms with Crippen molar-refractivity contribution >= 4 is 17.8 Å². The Hall–Kier alpha value is -2.89. The van der Waals surface area contributed by atoms with Gasteiger partial charge in [-0.2, -0.15) is 0 Å². The SMILES string of the molecule is COc1ccc([N+](=O)[O-])c(/C=C/c2cccc(OC)n2)c1. The molecule has 0 unspecified atom stereocenters. The van der Waals surface area contributed by atoms with Gasteiger partial charge in [0.25, 0.3) is 5.69 Å². The zero-order chi connectivity index (χ0) is 15.2. The second kappa shape index (κ2) is 6.51. The Morgan fingerprint density at radius 2 is 1.95 bits per heavy atom. The number of hydrogen-bond donors (Lipinski definition) is 0. The highest BCUT2D eigenvalue weighted by Crippen LogP contribution is 2.25. The van der Waals surface area contributed by atoms with Crippen molar-refractivity contribution in [2.45, 2.75) is 0 Å². The predicted molar refractivity (Wildman–Crippen MR) is 79.4 cm³/mol. The molecule has 2 aromatic rings. The number of benzene rings is 1. The van der Waals surface area contributed by atoms with Crippen LogP contribution in [0.5, 0.6) is 11.6 Å². The van der Waals surface area contributed by atoms with Crippen molar-refractivity contribution in [3.63, 3.8) is 0 Å². The van der Waals surface area contributed by atoms with Gasteiger partial charge in [-0.05, 0) is 30.4 Å². The topological polar surface area (TPSA) is 74.5 Å². The summed E-state index contributed by atoms with van der Waals surface area (Å²) < 4.78 is 10.1. The molecule has 108 valence electrons. The standard InChI is InChI=1S/C15H14N2O4/c1-20-13-8-9-14(17(18)19)11(10-13)6-7-12-4-3-5-15(16-12)21-2/h3-10H,1-2H3/b7-6+. The third-order valence-electron chi connectivity index (χ3n) is 2.82. The van der Waals surface area contributed by atoms with Crippen LogP contribution in [0.2, 0.25) is 0 Å². The lowest BCUT2D eigenvalue weighted by Crippen LogP contribution is -1.93. The van der Waals surface area contributed by atoms with E-state index in [9.17, 15) is 10.1 Å². The molecule has 1 aromatic carbocycles. The summed E-state index contributed by atoms with van der Waals surface area (Å²) in [7, 11) is 3.04. The number of nitro groups is 1. The van der Waals surface area contributed by atoms with E-state index >= 15 is 0 Å². The molecule has 0 amide bonds. The maximum absolute atomic E-state index is 11.0. The van der Waals surface area contributed by atoms with E-state index in [4.69, 9.17) is 9.47 Å². The summed E-state index contributed by atoms with van der Waals surface area (Å²) >= 11 is 0. The molecule has 0 aliphatic rings. The lowest BCUT2D eigenvalue weighted by molar-refractivity contribution is -0.385. The third-order valence-corrected chi connectivity index (χ3v) is 2.82. The van der Waals surface area contributed by atoms with E-state index in [1.807, 2.05) is 0 Å². The van der Waals surface area contributed by atoms with Crippen molar-refractivity contribution < 1.29 is 14.4 Å². The smallest absolute Gasteiger partial charge is 0.276 e. The van der Waals surface area contributed by atoms with Crippen LogP contribution < -0.4 is 9.47 Å². The van der Waals surface area contributed by atoms with Crippen LogP contribution in [-0.2, 0) is 0 Å². The van der Waals surface area contributed by atoms with E-state index in [0.29, 0.717) is 22.9 Å². The van der Waals surface area contributed by atoms with E-state index in [-0.39, 0.29) is 5.69 Å². The Kier molecular flexibility index (Phi) is 4.50. The molecule has 0 aliphatic heterocycles. The highest BCUT2D eigenvalue weighted by molar-refractivity contribution is 5.74. The van der Waals surface area contributed by atoms with E-state index in [0.717, 1.165) is 0 Å². The van der Waals surface area contributed by atoms with Gasteiger partial charge in [0.1, 0.15) is 5.75 Å². The second-order valence-electron chi connectivity index (χ2n) is 4.12. The zero-order valence-electron chi connectivity index (χ0n) is 11.6. The Morgan fingerprint density at radius 1 is 1.14 bits per heavy atom. The van der Waals surface area contributed by atoms with Gasteiger partial charge in [-0.3, -0.25) is 10.1 Å². The maximum atomic E-state index is 11.0. The average molecular weight is 286 g/mol. The van der Waals surface area contributed by atoms with Crippen molar-refractivity contribution in [2.75, 3.05) is 14.2 Å². The molecule has 21 heavy (non-hydrogen) atoms. The van der Waals surface area contributed by atoms with Crippen LogP contribution in [0.25, 0.3) is 12.2 Å². The molecule has 0 fully saturated rings. The maximum Gasteiger partial charge on any atom is 0.276 e. The Bertz CT molecular complexity index is 683. The van der Waals surface area contributed by atoms with Crippen LogP contribution in [-0.4, -0.2) is 24.1 Å². The van der Waals surface area contributed by atoms with Crippen LogP contribution in [0.15, 0.2) is 36.4 Å². The highest BCUT2D eigenvalue weighted by atomic mass is 16.6. The molecule has 6 nitrogen and oxygen atoms in total. The number of aromatic nitrogens is 1. The summed E-state index contributed by atoms with van der Waals surface area (Å²) in [5, 5.41) is 11.0. The van der Waals surface area contributed by atoms with Crippen molar-refractivity contribution in [2.24, 2.45) is 0 Å². The zero-order valence-corrected chi connectivity index (χ0v) is 11.6. The van der Waals surface area contributed by atoms with Gasteiger partial charge in [0.15, 0.2) is 0 Å². The normalized spacial score (nSPS) is 10.6. The Morgan fingerprint density at radius 3 is 2.62 bits per heavy atom. The molecule has 0 spiro atoms. The average Bonchev–Trinajstić information content (AvgIpc) is 2.52. The molecule has 0 saturated carbocycles. The summed E-state index contributed by atoms with van der Waals surface area (Å²) in [6.07, 6.45) is 3.31. The minimum atomic E-state index is -0.432. The minimum absolute atomic E-state index is 0.00921. The molecule has 0 radical (unpaired) electrons. The van der Waals surface area contributed by atoms with Gasteiger partial charge in [-0.1, -0.05) is 6.07 Å². The van der Waals surface area contributed by atoms with Crippen LogP contribution in [0, 0.1) is 10.1 Å². The largest absolute Gasteiger partial charge is 0.497 e. The summed E-state index contributed by atoms with van der Waals surface area (Å²) in [6.45, 7) is 0. The number of nitro benzene ring substituents is 1. The number of methoxy groups -OCH3 is 2. The van der Waals surface area contributed by atoms with Gasteiger partial charge in [0.2, 0.25) is 5.88 Å². The summed E-state index contributed by atoms with van der Waals surface area (Å²) in [5.41, 5.74) is 1.10. The van der Waals surface area contributed by atoms with Gasteiger partial charge < -0.3 is 9.47 Å². The molecular weight excluding hydrogens is 272 g/mol. The summed E-state index contributed by atoms with van der Waals surface area (Å²) in [4.78, 5) is 14.8. The molecule has 0 atom stereocenters. The molecule has 0 aliphatic carbocycles. The minimum Gasteiger partial charge on any atom is -0.497 e. The molecule has 0 saturated heterocycles. The first-order valence-electron chi connectivity index (χ1n) is 6.15. The number of pyridine rings is 1. The number of nitrogens with zero attached hydrogens (tertiary/aromatic N) is 2. The Balaban J connectivity index is 2.36. The van der Waals surface area contributed by atoms with Crippen molar-refractivity contribution in [1.29, 1.82) is 0 Å². The second-order valence-corrected chi connectivity index (χ2v) is 4.12. The van der Waals surface area contributed by atoms with E-state index in [1.54, 1.807) is 42.5 Å². The molecular formula is C15H14N2O4. The third kappa shape index (κ3) is 3.56. The van der Waals surface area contributed by atoms with Gasteiger partial charge >= 0.3 is 0 Å². The number of hydrogen-bond acceptors (Lipinski definition) is 5. The number of rotatable bonds is 5. The monoisotopic (exact) mass is 286 g/mol. The van der Waals surface area contributed by atoms with Gasteiger partial charge in [-0.15, -0.1) is 0 Å². The first-order chi connectivity index (χ1) is 10.1. The summed E-state index contributed by atoms with van der Waals surface area (Å²) in [5.74, 6) is 1.04. The predicted octanol–water partition coefficient (Wildman–Crippen LogP) is 3.18. The first kappa shape index (κ1) is 14.5. The molecule has 1 aromatic heterocycles. The van der Waals surface area contributed by atoms with Crippen LogP contribution in [0.1, 0.15) is 11.3 Å². The molecule has 0 bridgehead atoms. The van der Waals surface area contributed by atoms with Gasteiger partial charge in [0, 0.05) is 12.1 Å². The fourth-order valence-electron chi connectivity index (χ4n) is 1.77. The Labute approximate surface area is 121 Å².